The van der Waals surface area contributed by atoms with Crippen LogP contribution >= 0.6 is 0 Å². The Morgan fingerprint density at radius 1 is 1.08 bits per heavy atom. The van der Waals surface area contributed by atoms with Gasteiger partial charge in [0.05, 0.1) is 5.92 Å². The van der Waals surface area contributed by atoms with E-state index in [0.29, 0.717) is 0 Å². The Kier molecular flexibility index (Phi) is 7.33. The monoisotopic (exact) mass is 357 g/mol. The predicted molar refractivity (Wildman–Crippen MR) is 97.8 cm³/mol. The van der Waals surface area contributed by atoms with Gasteiger partial charge in [-0.25, -0.2) is 4.39 Å². The fraction of sp³-hybridized carbons (Fsp3) is 0.333. The molecule has 2 aromatic carbocycles. The van der Waals surface area contributed by atoms with Gasteiger partial charge in [-0.3, -0.25) is 9.59 Å². The Labute approximate surface area is 153 Å². The second-order valence-electron chi connectivity index (χ2n) is 6.28. The Hall–Kier alpha value is -2.69. The van der Waals surface area contributed by atoms with Crippen LogP contribution in [0, 0.1) is 11.7 Å². The summed E-state index contributed by atoms with van der Waals surface area (Å²) < 4.78 is 18.1. The average molecular weight is 357 g/mol. The van der Waals surface area contributed by atoms with Gasteiger partial charge >= 0.3 is 5.97 Å². The summed E-state index contributed by atoms with van der Waals surface area (Å²) in [5, 5.41) is 2.66. The van der Waals surface area contributed by atoms with E-state index in [1.54, 1.807) is 12.1 Å². The van der Waals surface area contributed by atoms with E-state index in [4.69, 9.17) is 4.74 Å². The first-order valence-electron chi connectivity index (χ1n) is 8.74. The predicted octanol–water partition coefficient (Wildman–Crippen LogP) is 3.82. The highest BCUT2D eigenvalue weighted by molar-refractivity contribution is 5.83. The number of amides is 1. The Morgan fingerprint density at radius 3 is 2.35 bits per heavy atom. The van der Waals surface area contributed by atoms with Crippen molar-refractivity contribution in [3.63, 3.8) is 0 Å². The molecule has 0 spiro atoms. The summed E-state index contributed by atoms with van der Waals surface area (Å²) in [6.07, 6.45) is 0.825. The number of benzene rings is 2. The first-order chi connectivity index (χ1) is 12.5. The van der Waals surface area contributed by atoms with Gasteiger partial charge in [-0.05, 0) is 29.2 Å². The zero-order valence-electron chi connectivity index (χ0n) is 15.1. The van der Waals surface area contributed by atoms with E-state index in [0.717, 1.165) is 17.5 Å². The third kappa shape index (κ3) is 5.69. The van der Waals surface area contributed by atoms with Gasteiger partial charge in [0.2, 0.25) is 0 Å². The topological polar surface area (TPSA) is 55.4 Å². The van der Waals surface area contributed by atoms with Crippen molar-refractivity contribution in [3.05, 3.63) is 71.5 Å². The van der Waals surface area contributed by atoms with Crippen LogP contribution in [0.2, 0.25) is 0 Å². The van der Waals surface area contributed by atoms with Crippen molar-refractivity contribution in [2.24, 2.45) is 5.92 Å². The van der Waals surface area contributed by atoms with E-state index in [-0.39, 0.29) is 24.9 Å². The van der Waals surface area contributed by atoms with Gasteiger partial charge in [-0.1, -0.05) is 62.7 Å². The molecule has 2 atom stereocenters. The fourth-order valence-corrected chi connectivity index (χ4v) is 2.67. The van der Waals surface area contributed by atoms with E-state index in [9.17, 15) is 14.0 Å². The largest absolute Gasteiger partial charge is 0.455 e. The summed E-state index contributed by atoms with van der Waals surface area (Å²) in [6, 6.07) is 15.3. The van der Waals surface area contributed by atoms with E-state index in [2.05, 4.69) is 5.32 Å². The normalized spacial score (nSPS) is 12.9. The lowest BCUT2D eigenvalue weighted by molar-refractivity contribution is -0.151. The van der Waals surface area contributed by atoms with Crippen LogP contribution in [-0.2, 0) is 20.9 Å². The number of hydrogen-bond acceptors (Lipinski definition) is 3. The molecular weight excluding hydrogens is 333 g/mol. The fourth-order valence-electron chi connectivity index (χ4n) is 2.67. The van der Waals surface area contributed by atoms with Gasteiger partial charge in [0.15, 0.2) is 6.61 Å². The molecule has 1 N–H and O–H groups in total. The Bertz CT molecular complexity index is 716. The third-order valence-electron chi connectivity index (χ3n) is 4.37. The molecule has 0 aliphatic carbocycles. The smallest absolute Gasteiger partial charge is 0.314 e. The van der Waals surface area contributed by atoms with Crippen LogP contribution in [0.15, 0.2) is 54.6 Å². The molecule has 0 heterocycles. The highest BCUT2D eigenvalue weighted by Crippen LogP contribution is 2.28. The molecule has 5 heteroatoms. The molecule has 1 amide bonds. The quantitative estimate of drug-likeness (QED) is 0.731. The molecule has 138 valence electrons. The summed E-state index contributed by atoms with van der Waals surface area (Å²) in [6.45, 7) is 3.93. The SMILES string of the molecule is CC[C@H](C)[C@@H](C(=O)OCC(=O)NCc1ccc(F)cc1)c1ccccc1. The number of halogens is 1. The first kappa shape index (κ1) is 19.6. The maximum absolute atomic E-state index is 12.9. The highest BCUT2D eigenvalue weighted by atomic mass is 19.1. The van der Waals surface area contributed by atoms with E-state index >= 15 is 0 Å². The second kappa shape index (κ2) is 9.70. The molecular formula is C21H24FNO3. The minimum atomic E-state index is -0.400. The second-order valence-corrected chi connectivity index (χ2v) is 6.28. The zero-order valence-corrected chi connectivity index (χ0v) is 15.1. The maximum atomic E-state index is 12.9. The molecule has 0 radical (unpaired) electrons. The summed E-state index contributed by atoms with van der Waals surface area (Å²) in [4.78, 5) is 24.4. The number of carbonyl (C=O) groups is 2. The lowest BCUT2D eigenvalue weighted by Crippen LogP contribution is -2.30. The standard InChI is InChI=1S/C21H24FNO3/c1-3-15(2)20(17-7-5-4-6-8-17)21(25)26-14-19(24)23-13-16-9-11-18(22)12-10-16/h4-12,15,20H,3,13-14H2,1-2H3,(H,23,24)/t15-,20+/m0/s1. The minimum absolute atomic E-state index is 0.104. The van der Waals surface area contributed by atoms with Gasteiger partial charge in [-0.15, -0.1) is 0 Å². The number of ether oxygens (including phenoxy) is 1. The van der Waals surface area contributed by atoms with Gasteiger partial charge in [0.25, 0.3) is 5.91 Å². The van der Waals surface area contributed by atoms with Crippen molar-refractivity contribution < 1.29 is 18.7 Å². The third-order valence-corrected chi connectivity index (χ3v) is 4.37. The molecule has 0 saturated carbocycles. The maximum Gasteiger partial charge on any atom is 0.314 e. The molecule has 2 rings (SSSR count). The Balaban J connectivity index is 1.88. The summed E-state index contributed by atoms with van der Waals surface area (Å²) in [7, 11) is 0. The molecule has 0 aromatic heterocycles. The lowest BCUT2D eigenvalue weighted by atomic mass is 9.86. The van der Waals surface area contributed by atoms with Crippen LogP contribution < -0.4 is 5.32 Å². The van der Waals surface area contributed by atoms with Gasteiger partial charge in [0.1, 0.15) is 5.82 Å². The average Bonchev–Trinajstić information content (AvgIpc) is 2.66. The molecule has 0 fully saturated rings. The minimum Gasteiger partial charge on any atom is -0.455 e. The summed E-state index contributed by atoms with van der Waals surface area (Å²) in [5.41, 5.74) is 1.66. The lowest BCUT2D eigenvalue weighted by Gasteiger charge is -2.21. The van der Waals surface area contributed by atoms with Gasteiger partial charge in [0, 0.05) is 6.54 Å². The Morgan fingerprint density at radius 2 is 1.73 bits per heavy atom. The van der Waals surface area contributed by atoms with Crippen LogP contribution in [0.3, 0.4) is 0 Å². The van der Waals surface area contributed by atoms with E-state index in [1.807, 2.05) is 44.2 Å². The zero-order chi connectivity index (χ0) is 18.9. The number of hydrogen-bond donors (Lipinski definition) is 1. The first-order valence-corrected chi connectivity index (χ1v) is 8.74. The number of rotatable bonds is 8. The van der Waals surface area contributed by atoms with Crippen molar-refractivity contribution in [2.75, 3.05) is 6.61 Å². The summed E-state index contributed by atoms with van der Waals surface area (Å²) >= 11 is 0. The van der Waals surface area contributed by atoms with Crippen molar-refractivity contribution in [1.29, 1.82) is 0 Å². The number of nitrogens with one attached hydrogen (secondary N) is 1. The van der Waals surface area contributed by atoms with Crippen LogP contribution in [0.5, 0.6) is 0 Å². The van der Waals surface area contributed by atoms with Crippen LogP contribution in [0.4, 0.5) is 4.39 Å². The molecule has 2 aromatic rings. The molecule has 0 aliphatic heterocycles. The molecule has 26 heavy (non-hydrogen) atoms. The molecule has 4 nitrogen and oxygen atoms in total. The van der Waals surface area contributed by atoms with Crippen LogP contribution in [0.25, 0.3) is 0 Å². The van der Waals surface area contributed by atoms with Crippen LogP contribution in [-0.4, -0.2) is 18.5 Å². The van der Waals surface area contributed by atoms with Crippen molar-refractivity contribution in [1.82, 2.24) is 5.32 Å². The highest BCUT2D eigenvalue weighted by Gasteiger charge is 2.27. The van der Waals surface area contributed by atoms with Crippen LogP contribution in [0.1, 0.15) is 37.3 Å². The number of esters is 1. The molecule has 0 saturated heterocycles. The van der Waals surface area contributed by atoms with Gasteiger partial charge < -0.3 is 10.1 Å². The van der Waals surface area contributed by atoms with E-state index in [1.165, 1.54) is 12.1 Å². The van der Waals surface area contributed by atoms with Crippen molar-refractivity contribution >= 4 is 11.9 Å². The van der Waals surface area contributed by atoms with E-state index < -0.39 is 17.8 Å². The summed E-state index contributed by atoms with van der Waals surface area (Å²) in [5.74, 6) is -1.41. The molecule has 0 aliphatic rings. The number of carbonyl (C=O) groups excluding carboxylic acids is 2. The molecule has 0 bridgehead atoms. The molecule has 0 unspecified atom stereocenters. The van der Waals surface area contributed by atoms with Crippen molar-refractivity contribution in [3.8, 4) is 0 Å². The van der Waals surface area contributed by atoms with Gasteiger partial charge in [-0.2, -0.15) is 0 Å². The van der Waals surface area contributed by atoms with Crippen molar-refractivity contribution in [2.45, 2.75) is 32.7 Å².